The summed E-state index contributed by atoms with van der Waals surface area (Å²) in [6, 6.07) is 8.30. The van der Waals surface area contributed by atoms with Crippen LogP contribution in [0.3, 0.4) is 0 Å². The van der Waals surface area contributed by atoms with Gasteiger partial charge < -0.3 is 15.3 Å². The Morgan fingerprint density at radius 2 is 1.67 bits per heavy atom. The molecule has 1 rings (SSSR count). The number of aliphatic hydroxyl groups is 2. The SMILES string of the molecule is CC(C)(O)CO.O=C(O)c1ccccc1. The number of carboxylic acids is 1. The van der Waals surface area contributed by atoms with E-state index in [1.165, 1.54) is 0 Å². The summed E-state index contributed by atoms with van der Waals surface area (Å²) in [7, 11) is 0. The molecule has 0 aliphatic heterocycles. The van der Waals surface area contributed by atoms with E-state index in [9.17, 15) is 4.79 Å². The van der Waals surface area contributed by atoms with E-state index in [-0.39, 0.29) is 6.61 Å². The van der Waals surface area contributed by atoms with Crippen molar-refractivity contribution in [1.29, 1.82) is 0 Å². The van der Waals surface area contributed by atoms with Crippen molar-refractivity contribution < 1.29 is 20.1 Å². The molecule has 0 bridgehead atoms. The van der Waals surface area contributed by atoms with Crippen molar-refractivity contribution in [3.63, 3.8) is 0 Å². The second-order valence-electron chi connectivity index (χ2n) is 3.64. The topological polar surface area (TPSA) is 77.8 Å². The van der Waals surface area contributed by atoms with Crippen LogP contribution in [0.2, 0.25) is 0 Å². The Morgan fingerprint density at radius 1 is 1.27 bits per heavy atom. The largest absolute Gasteiger partial charge is 0.478 e. The minimum atomic E-state index is -0.903. The van der Waals surface area contributed by atoms with Gasteiger partial charge in [0.1, 0.15) is 0 Å². The number of benzene rings is 1. The molecule has 0 aromatic heterocycles. The first kappa shape index (κ1) is 13.6. The van der Waals surface area contributed by atoms with Crippen LogP contribution in [0.1, 0.15) is 24.2 Å². The van der Waals surface area contributed by atoms with Gasteiger partial charge in [-0.25, -0.2) is 4.79 Å². The lowest BCUT2D eigenvalue weighted by molar-refractivity contribution is 0.0183. The fourth-order valence-electron chi connectivity index (χ4n) is 0.581. The van der Waals surface area contributed by atoms with Crippen LogP contribution in [-0.2, 0) is 0 Å². The molecule has 84 valence electrons. The maximum Gasteiger partial charge on any atom is 0.335 e. The Balaban J connectivity index is 0.000000288. The van der Waals surface area contributed by atoms with Crippen molar-refractivity contribution in [3.05, 3.63) is 35.9 Å². The first-order valence-electron chi connectivity index (χ1n) is 4.48. The first-order chi connectivity index (χ1) is 6.87. The number of hydrogen-bond acceptors (Lipinski definition) is 3. The van der Waals surface area contributed by atoms with Gasteiger partial charge in [-0.2, -0.15) is 0 Å². The molecular formula is C11H16O4. The normalized spacial score (nSPS) is 10.1. The molecule has 1 aromatic carbocycles. The summed E-state index contributed by atoms with van der Waals surface area (Å²) in [4.78, 5) is 10.2. The van der Waals surface area contributed by atoms with E-state index in [4.69, 9.17) is 15.3 Å². The van der Waals surface area contributed by atoms with Gasteiger partial charge in [0.2, 0.25) is 0 Å². The lowest BCUT2D eigenvalue weighted by Crippen LogP contribution is -2.23. The van der Waals surface area contributed by atoms with Gasteiger partial charge >= 0.3 is 5.97 Å². The van der Waals surface area contributed by atoms with E-state index in [1.807, 2.05) is 0 Å². The van der Waals surface area contributed by atoms with Crippen LogP contribution in [0, 0.1) is 0 Å². The highest BCUT2D eigenvalue weighted by Crippen LogP contribution is 1.96. The van der Waals surface area contributed by atoms with E-state index in [1.54, 1.807) is 44.2 Å². The number of aromatic carboxylic acids is 1. The van der Waals surface area contributed by atoms with Gasteiger partial charge in [0, 0.05) is 0 Å². The summed E-state index contributed by atoms with van der Waals surface area (Å²) in [6.45, 7) is 2.92. The second kappa shape index (κ2) is 6.16. The predicted octanol–water partition coefficient (Wildman–Crippen LogP) is 1.13. The minimum absolute atomic E-state index is 0.174. The van der Waals surface area contributed by atoms with Crippen LogP contribution in [-0.4, -0.2) is 33.5 Å². The molecule has 15 heavy (non-hydrogen) atoms. The molecule has 3 N–H and O–H groups in total. The molecule has 0 amide bonds. The van der Waals surface area contributed by atoms with E-state index in [0.29, 0.717) is 5.56 Å². The van der Waals surface area contributed by atoms with Crippen molar-refractivity contribution in [2.24, 2.45) is 0 Å². The van der Waals surface area contributed by atoms with E-state index < -0.39 is 11.6 Å². The summed E-state index contributed by atoms with van der Waals surface area (Å²) in [5.41, 5.74) is -0.572. The van der Waals surface area contributed by atoms with Gasteiger partial charge in [0.05, 0.1) is 17.8 Å². The molecule has 0 unspecified atom stereocenters. The fourth-order valence-corrected chi connectivity index (χ4v) is 0.581. The molecule has 0 radical (unpaired) electrons. The zero-order valence-corrected chi connectivity index (χ0v) is 8.84. The molecule has 4 nitrogen and oxygen atoms in total. The van der Waals surface area contributed by atoms with Gasteiger partial charge in [-0.1, -0.05) is 18.2 Å². The predicted molar refractivity (Wildman–Crippen MR) is 56.8 cm³/mol. The number of carboxylic acid groups (broad SMARTS) is 1. The van der Waals surface area contributed by atoms with Crippen LogP contribution < -0.4 is 0 Å². The molecule has 0 heterocycles. The van der Waals surface area contributed by atoms with Crippen molar-refractivity contribution in [2.75, 3.05) is 6.61 Å². The fraction of sp³-hybridized carbons (Fsp3) is 0.364. The third-order valence-corrected chi connectivity index (χ3v) is 1.41. The van der Waals surface area contributed by atoms with Gasteiger partial charge in [0.15, 0.2) is 0 Å². The first-order valence-corrected chi connectivity index (χ1v) is 4.48. The summed E-state index contributed by atoms with van der Waals surface area (Å²) in [5.74, 6) is -0.879. The Bertz CT molecular complexity index is 287. The van der Waals surface area contributed by atoms with Gasteiger partial charge in [-0.05, 0) is 26.0 Å². The number of rotatable bonds is 2. The maximum atomic E-state index is 10.2. The van der Waals surface area contributed by atoms with E-state index in [0.717, 1.165) is 0 Å². The number of carbonyl (C=O) groups is 1. The molecule has 0 fully saturated rings. The Hall–Kier alpha value is -1.39. The van der Waals surface area contributed by atoms with Gasteiger partial charge in [0.25, 0.3) is 0 Å². The lowest BCUT2D eigenvalue weighted by Gasteiger charge is -2.10. The Kier molecular flexibility index (Phi) is 5.59. The zero-order chi connectivity index (χ0) is 11.9. The van der Waals surface area contributed by atoms with Crippen molar-refractivity contribution in [3.8, 4) is 0 Å². The molecule has 1 aromatic rings. The third kappa shape index (κ3) is 7.66. The summed E-state index contributed by atoms with van der Waals surface area (Å²) in [5, 5.41) is 25.1. The summed E-state index contributed by atoms with van der Waals surface area (Å²) < 4.78 is 0. The van der Waals surface area contributed by atoms with E-state index >= 15 is 0 Å². The zero-order valence-electron chi connectivity index (χ0n) is 8.84. The molecule has 0 saturated carbocycles. The third-order valence-electron chi connectivity index (χ3n) is 1.41. The highest BCUT2D eigenvalue weighted by molar-refractivity contribution is 5.87. The second-order valence-corrected chi connectivity index (χ2v) is 3.64. The van der Waals surface area contributed by atoms with Crippen LogP contribution in [0.15, 0.2) is 30.3 Å². The average Bonchev–Trinajstić information content (AvgIpc) is 2.19. The highest BCUT2D eigenvalue weighted by Gasteiger charge is 2.07. The standard InChI is InChI=1S/C7H6O2.C4H10O2/c8-7(9)6-4-2-1-3-5-6;1-4(2,6)3-5/h1-5H,(H,8,9);5-6H,3H2,1-2H3. The molecule has 4 heteroatoms. The number of aliphatic hydroxyl groups excluding tert-OH is 1. The van der Waals surface area contributed by atoms with Gasteiger partial charge in [-0.15, -0.1) is 0 Å². The molecule has 0 saturated heterocycles. The van der Waals surface area contributed by atoms with Crippen LogP contribution in [0.5, 0.6) is 0 Å². The van der Waals surface area contributed by atoms with Gasteiger partial charge in [-0.3, -0.25) is 0 Å². The molecule has 0 aliphatic carbocycles. The number of hydrogen-bond donors (Lipinski definition) is 3. The smallest absolute Gasteiger partial charge is 0.335 e. The Labute approximate surface area is 88.8 Å². The highest BCUT2D eigenvalue weighted by atomic mass is 16.4. The monoisotopic (exact) mass is 212 g/mol. The van der Waals surface area contributed by atoms with Crippen molar-refractivity contribution in [2.45, 2.75) is 19.4 Å². The van der Waals surface area contributed by atoms with E-state index in [2.05, 4.69) is 0 Å². The molecular weight excluding hydrogens is 196 g/mol. The molecule has 0 aliphatic rings. The molecule has 0 atom stereocenters. The van der Waals surface area contributed by atoms with Crippen LogP contribution >= 0.6 is 0 Å². The average molecular weight is 212 g/mol. The van der Waals surface area contributed by atoms with Crippen LogP contribution in [0.25, 0.3) is 0 Å². The molecule has 0 spiro atoms. The van der Waals surface area contributed by atoms with Crippen molar-refractivity contribution in [1.82, 2.24) is 0 Å². The van der Waals surface area contributed by atoms with Crippen LogP contribution in [0.4, 0.5) is 0 Å². The van der Waals surface area contributed by atoms with Crippen molar-refractivity contribution >= 4 is 5.97 Å². The summed E-state index contributed by atoms with van der Waals surface area (Å²) in [6.07, 6.45) is 0. The quantitative estimate of drug-likeness (QED) is 0.686. The lowest BCUT2D eigenvalue weighted by atomic mass is 10.2. The minimum Gasteiger partial charge on any atom is -0.478 e. The Morgan fingerprint density at radius 3 is 1.87 bits per heavy atom. The maximum absolute atomic E-state index is 10.2. The summed E-state index contributed by atoms with van der Waals surface area (Å²) >= 11 is 0.